The van der Waals surface area contributed by atoms with Gasteiger partial charge < -0.3 is 10.1 Å². The van der Waals surface area contributed by atoms with Crippen molar-refractivity contribution in [1.29, 1.82) is 0 Å². The molecular weight excluding hydrogens is 368 g/mol. The lowest BCUT2D eigenvalue weighted by Gasteiger charge is -2.14. The van der Waals surface area contributed by atoms with Crippen molar-refractivity contribution in [1.82, 2.24) is 10.3 Å². The minimum Gasteiger partial charge on any atom is -0.484 e. The van der Waals surface area contributed by atoms with Crippen molar-refractivity contribution in [3.05, 3.63) is 71.0 Å². The van der Waals surface area contributed by atoms with Gasteiger partial charge in [-0.25, -0.2) is 0 Å². The van der Waals surface area contributed by atoms with E-state index in [0.717, 1.165) is 20.8 Å². The van der Waals surface area contributed by atoms with Crippen LogP contribution in [0.25, 0.3) is 10.8 Å². The van der Waals surface area contributed by atoms with Gasteiger partial charge in [-0.3, -0.25) is 9.78 Å². The van der Waals surface area contributed by atoms with Crippen molar-refractivity contribution in [3.63, 3.8) is 0 Å². The number of halogens is 1. The third kappa shape index (κ3) is 4.11. The number of hydrogen-bond acceptors (Lipinski definition) is 3. The molecule has 1 aromatic heterocycles. The molecule has 2 aromatic carbocycles. The summed E-state index contributed by atoms with van der Waals surface area (Å²) in [6, 6.07) is 15.5. The van der Waals surface area contributed by atoms with Crippen LogP contribution in [-0.2, 0) is 4.79 Å². The summed E-state index contributed by atoms with van der Waals surface area (Å²) in [6.45, 7) is 1.92. The molecule has 0 spiro atoms. The van der Waals surface area contributed by atoms with E-state index in [9.17, 15) is 4.79 Å². The molecule has 0 aliphatic carbocycles. The smallest absolute Gasteiger partial charge is 0.258 e. The number of benzene rings is 2. The Bertz CT molecular complexity index is 852. The van der Waals surface area contributed by atoms with E-state index in [4.69, 9.17) is 4.74 Å². The van der Waals surface area contributed by atoms with Crippen molar-refractivity contribution in [2.45, 2.75) is 13.0 Å². The maximum atomic E-state index is 12.1. The molecular formula is C19H17BrN2O2. The monoisotopic (exact) mass is 384 g/mol. The first kappa shape index (κ1) is 16.5. The van der Waals surface area contributed by atoms with Gasteiger partial charge in [0.05, 0.1) is 6.04 Å². The van der Waals surface area contributed by atoms with E-state index in [2.05, 4.69) is 26.2 Å². The number of rotatable bonds is 5. The molecule has 1 heterocycles. The summed E-state index contributed by atoms with van der Waals surface area (Å²) in [7, 11) is 0. The molecule has 0 radical (unpaired) electrons. The Labute approximate surface area is 149 Å². The molecule has 3 rings (SSSR count). The maximum absolute atomic E-state index is 12.1. The molecule has 1 unspecified atom stereocenters. The number of hydrogen-bond donors (Lipinski definition) is 1. The molecule has 0 aliphatic rings. The van der Waals surface area contributed by atoms with Crippen LogP contribution in [0.2, 0.25) is 0 Å². The molecule has 0 saturated carbocycles. The van der Waals surface area contributed by atoms with Crippen LogP contribution in [0.4, 0.5) is 0 Å². The van der Waals surface area contributed by atoms with E-state index in [-0.39, 0.29) is 18.6 Å². The first-order chi connectivity index (χ1) is 11.6. The summed E-state index contributed by atoms with van der Waals surface area (Å²) >= 11 is 3.45. The number of ether oxygens (including phenoxy) is 1. The lowest BCUT2D eigenvalue weighted by atomic mass is 10.1. The number of amides is 1. The number of carbonyl (C=O) groups excluding carboxylic acids is 1. The number of pyridine rings is 1. The van der Waals surface area contributed by atoms with Crippen LogP contribution in [0.15, 0.2) is 65.4 Å². The zero-order valence-electron chi connectivity index (χ0n) is 13.2. The molecule has 1 N–H and O–H groups in total. The summed E-state index contributed by atoms with van der Waals surface area (Å²) in [4.78, 5) is 16.0. The van der Waals surface area contributed by atoms with Crippen LogP contribution >= 0.6 is 15.9 Å². The van der Waals surface area contributed by atoms with Crippen molar-refractivity contribution in [2.24, 2.45) is 0 Å². The van der Waals surface area contributed by atoms with Crippen LogP contribution in [-0.4, -0.2) is 17.5 Å². The van der Waals surface area contributed by atoms with Crippen LogP contribution in [0.1, 0.15) is 18.5 Å². The Kier molecular flexibility index (Phi) is 5.11. The first-order valence-electron chi connectivity index (χ1n) is 7.63. The number of nitrogens with zero attached hydrogens (tertiary/aromatic N) is 1. The number of fused-ring (bicyclic) bond motifs is 1. The predicted molar refractivity (Wildman–Crippen MR) is 97.9 cm³/mol. The van der Waals surface area contributed by atoms with Crippen LogP contribution in [0.5, 0.6) is 5.75 Å². The molecule has 0 aliphatic heterocycles. The van der Waals surface area contributed by atoms with E-state index in [0.29, 0.717) is 5.75 Å². The summed E-state index contributed by atoms with van der Waals surface area (Å²) in [6.07, 6.45) is 3.42. The standard InChI is InChI=1S/C19H17BrN2O2/c1-13(14-6-8-21-9-7-14)22-19(23)12-24-18-5-3-15-10-17(20)4-2-16(15)11-18/h2-11,13H,12H2,1H3,(H,22,23). The highest BCUT2D eigenvalue weighted by Gasteiger charge is 2.10. The van der Waals surface area contributed by atoms with E-state index < -0.39 is 0 Å². The lowest BCUT2D eigenvalue weighted by molar-refractivity contribution is -0.123. The minimum absolute atomic E-state index is 0.0164. The summed E-state index contributed by atoms with van der Waals surface area (Å²) in [5.74, 6) is 0.520. The minimum atomic E-state index is -0.157. The third-order valence-corrected chi connectivity index (χ3v) is 4.22. The summed E-state index contributed by atoms with van der Waals surface area (Å²) in [5.41, 5.74) is 1.01. The summed E-state index contributed by atoms with van der Waals surface area (Å²) < 4.78 is 6.64. The van der Waals surface area contributed by atoms with Gasteiger partial charge in [0.15, 0.2) is 6.61 Å². The van der Waals surface area contributed by atoms with Gasteiger partial charge in [0.2, 0.25) is 0 Å². The molecule has 1 atom stereocenters. The maximum Gasteiger partial charge on any atom is 0.258 e. The number of nitrogens with one attached hydrogen (secondary N) is 1. The summed E-state index contributed by atoms with van der Waals surface area (Å²) in [5, 5.41) is 5.10. The average molecular weight is 385 g/mol. The molecule has 1 amide bonds. The number of carbonyl (C=O) groups is 1. The van der Waals surface area contributed by atoms with Gasteiger partial charge in [0.1, 0.15) is 5.75 Å². The normalized spacial score (nSPS) is 11.9. The van der Waals surface area contributed by atoms with E-state index >= 15 is 0 Å². The van der Waals surface area contributed by atoms with Gasteiger partial charge in [-0.15, -0.1) is 0 Å². The molecule has 24 heavy (non-hydrogen) atoms. The van der Waals surface area contributed by atoms with Crippen molar-refractivity contribution < 1.29 is 9.53 Å². The Morgan fingerprint density at radius 3 is 2.62 bits per heavy atom. The third-order valence-electron chi connectivity index (χ3n) is 3.73. The second-order valence-electron chi connectivity index (χ2n) is 5.51. The van der Waals surface area contributed by atoms with Crippen molar-refractivity contribution >= 4 is 32.6 Å². The largest absolute Gasteiger partial charge is 0.484 e. The van der Waals surface area contributed by atoms with Crippen molar-refractivity contribution in [3.8, 4) is 5.75 Å². The average Bonchev–Trinajstić information content (AvgIpc) is 2.60. The number of aromatic nitrogens is 1. The fraction of sp³-hybridized carbons (Fsp3) is 0.158. The van der Waals surface area contributed by atoms with Crippen LogP contribution in [0.3, 0.4) is 0 Å². The van der Waals surface area contributed by atoms with Gasteiger partial charge in [-0.2, -0.15) is 0 Å². The molecule has 0 fully saturated rings. The molecule has 3 aromatic rings. The van der Waals surface area contributed by atoms with E-state index in [1.165, 1.54) is 0 Å². The van der Waals surface area contributed by atoms with Gasteiger partial charge in [0, 0.05) is 16.9 Å². The van der Waals surface area contributed by atoms with Gasteiger partial charge in [0.25, 0.3) is 5.91 Å². The first-order valence-corrected chi connectivity index (χ1v) is 8.42. The topological polar surface area (TPSA) is 51.2 Å². The fourth-order valence-corrected chi connectivity index (χ4v) is 2.83. The van der Waals surface area contributed by atoms with Gasteiger partial charge in [-0.1, -0.05) is 28.1 Å². The SMILES string of the molecule is CC(NC(=O)COc1ccc2cc(Br)ccc2c1)c1ccncc1. The molecule has 4 nitrogen and oxygen atoms in total. The highest BCUT2D eigenvalue weighted by atomic mass is 79.9. The molecule has 122 valence electrons. The van der Waals surface area contributed by atoms with Crippen LogP contribution < -0.4 is 10.1 Å². The highest BCUT2D eigenvalue weighted by Crippen LogP contribution is 2.24. The second-order valence-corrected chi connectivity index (χ2v) is 6.43. The Hall–Kier alpha value is -2.40. The predicted octanol–water partition coefficient (Wildman–Crippen LogP) is 4.25. The Morgan fingerprint density at radius 2 is 1.83 bits per heavy atom. The van der Waals surface area contributed by atoms with Crippen LogP contribution in [0, 0.1) is 0 Å². The van der Waals surface area contributed by atoms with E-state index in [1.807, 2.05) is 55.5 Å². The quantitative estimate of drug-likeness (QED) is 0.714. The van der Waals surface area contributed by atoms with Gasteiger partial charge in [-0.05, 0) is 59.7 Å². The lowest BCUT2D eigenvalue weighted by Crippen LogP contribution is -2.31. The van der Waals surface area contributed by atoms with Gasteiger partial charge >= 0.3 is 0 Å². The molecule has 5 heteroatoms. The van der Waals surface area contributed by atoms with E-state index in [1.54, 1.807) is 12.4 Å². The Morgan fingerprint density at radius 1 is 1.12 bits per heavy atom. The molecule has 0 bridgehead atoms. The second kappa shape index (κ2) is 7.45. The fourth-order valence-electron chi connectivity index (χ4n) is 2.45. The highest BCUT2D eigenvalue weighted by molar-refractivity contribution is 9.10. The zero-order valence-corrected chi connectivity index (χ0v) is 14.8. The Balaban J connectivity index is 1.59. The molecule has 0 saturated heterocycles. The van der Waals surface area contributed by atoms with Crippen molar-refractivity contribution in [2.75, 3.05) is 6.61 Å². The zero-order chi connectivity index (χ0) is 16.9.